The molecule has 9 heteroatoms. The number of hydrogen-bond acceptors (Lipinski definition) is 7. The molecule has 1 N–H and O–H groups in total. The largest absolute Gasteiger partial charge is 0.395 e. The van der Waals surface area contributed by atoms with Gasteiger partial charge in [0, 0.05) is 68.5 Å². The zero-order valence-corrected chi connectivity index (χ0v) is 24.1. The predicted octanol–water partition coefficient (Wildman–Crippen LogP) is 5.29. The molecule has 0 saturated carbocycles. The molecule has 2 aromatic carbocycles. The second-order valence-corrected chi connectivity index (χ2v) is 11.9. The monoisotopic (exact) mass is 572 g/mol. The third kappa shape index (κ3) is 6.64. The van der Waals surface area contributed by atoms with Crippen molar-refractivity contribution in [2.75, 3.05) is 50.8 Å². The summed E-state index contributed by atoms with van der Waals surface area (Å²) in [6.45, 7) is 6.56. The van der Waals surface area contributed by atoms with Crippen molar-refractivity contribution in [3.63, 3.8) is 0 Å². The third-order valence-corrected chi connectivity index (χ3v) is 9.25. The molecule has 0 amide bonds. The maximum atomic E-state index is 13.3. The van der Waals surface area contributed by atoms with Crippen molar-refractivity contribution in [3.05, 3.63) is 96.3 Å². The van der Waals surface area contributed by atoms with Crippen LogP contribution >= 0.6 is 11.9 Å². The van der Waals surface area contributed by atoms with E-state index in [1.807, 2.05) is 30.9 Å². The van der Waals surface area contributed by atoms with Gasteiger partial charge in [0.25, 0.3) is 0 Å². The van der Waals surface area contributed by atoms with Gasteiger partial charge in [0.1, 0.15) is 11.6 Å². The highest BCUT2D eigenvalue weighted by atomic mass is 32.2. The summed E-state index contributed by atoms with van der Waals surface area (Å²) >= 11 is 1.80. The molecule has 6 rings (SSSR count). The number of aliphatic hydroxyl groups is 1. The zero-order valence-electron chi connectivity index (χ0n) is 23.3. The number of hydrogen-bond donors (Lipinski definition) is 1. The van der Waals surface area contributed by atoms with Gasteiger partial charge in [0.2, 0.25) is 0 Å². The van der Waals surface area contributed by atoms with Crippen LogP contribution in [0.5, 0.6) is 0 Å². The van der Waals surface area contributed by atoms with E-state index in [4.69, 9.17) is 4.98 Å². The molecular formula is C32H37FN6OS. The van der Waals surface area contributed by atoms with Gasteiger partial charge >= 0.3 is 0 Å². The molecule has 0 spiro atoms. The standard InChI is InChI=1S/C32H37FN6OS/c33-26-9-7-25(8-10-26)13-15-38-24-34-23-31(38)29-5-2-1-4-28(29)30-6-3-14-39(30)41-27-11-12-32(35-22-27)37-18-16-36(17-19-37)20-21-40/h1-2,4-5,7-12,22-24,30,40H,3,6,13-21H2. The van der Waals surface area contributed by atoms with E-state index in [-0.39, 0.29) is 12.4 Å². The average Bonchev–Trinajstić information content (AvgIpc) is 3.68. The smallest absolute Gasteiger partial charge is 0.128 e. The van der Waals surface area contributed by atoms with Gasteiger partial charge in [-0.25, -0.2) is 18.7 Å². The number of anilines is 1. The molecule has 0 bridgehead atoms. The Hall–Kier alpha value is -3.24. The van der Waals surface area contributed by atoms with E-state index in [1.54, 1.807) is 11.9 Å². The van der Waals surface area contributed by atoms with E-state index in [0.717, 1.165) is 87.0 Å². The molecule has 2 aliphatic heterocycles. The van der Waals surface area contributed by atoms with Crippen molar-refractivity contribution >= 4 is 17.8 Å². The highest BCUT2D eigenvalue weighted by Gasteiger charge is 2.29. The van der Waals surface area contributed by atoms with Gasteiger partial charge < -0.3 is 14.6 Å². The van der Waals surface area contributed by atoms with Crippen LogP contribution in [-0.4, -0.2) is 74.7 Å². The number of aryl methyl sites for hydroxylation is 2. The fraction of sp³-hybridized carbons (Fsp3) is 0.375. The van der Waals surface area contributed by atoms with Gasteiger partial charge in [0.05, 0.1) is 24.8 Å². The highest BCUT2D eigenvalue weighted by molar-refractivity contribution is 7.97. The first-order valence-corrected chi connectivity index (χ1v) is 15.3. The Bertz CT molecular complexity index is 1400. The highest BCUT2D eigenvalue weighted by Crippen LogP contribution is 2.43. The van der Waals surface area contributed by atoms with Crippen molar-refractivity contribution in [1.29, 1.82) is 0 Å². The number of aliphatic hydroxyl groups excluding tert-OH is 1. The number of halogens is 1. The normalized spacial score (nSPS) is 18.3. The lowest BCUT2D eigenvalue weighted by atomic mass is 9.97. The van der Waals surface area contributed by atoms with Crippen molar-refractivity contribution in [2.45, 2.75) is 36.7 Å². The van der Waals surface area contributed by atoms with E-state index >= 15 is 0 Å². The van der Waals surface area contributed by atoms with Crippen molar-refractivity contribution in [2.24, 2.45) is 0 Å². The van der Waals surface area contributed by atoms with Gasteiger partial charge in [-0.1, -0.05) is 36.4 Å². The number of imidazole rings is 1. The van der Waals surface area contributed by atoms with Crippen molar-refractivity contribution in [1.82, 2.24) is 23.7 Å². The SMILES string of the molecule is OCCN1CCN(c2ccc(SN3CCCC3c3ccccc3-c3cncn3CCc3ccc(F)cc3)cn2)CC1. The number of pyridine rings is 1. The third-order valence-electron chi connectivity index (χ3n) is 8.12. The molecule has 0 radical (unpaired) electrons. The second kappa shape index (κ2) is 13.2. The van der Waals surface area contributed by atoms with Gasteiger partial charge in [-0.2, -0.15) is 0 Å². The minimum absolute atomic E-state index is 0.204. The fourth-order valence-electron chi connectivity index (χ4n) is 5.90. The number of nitrogens with zero attached hydrogens (tertiary/aromatic N) is 6. The Kier molecular flexibility index (Phi) is 8.96. The number of benzene rings is 2. The first-order valence-electron chi connectivity index (χ1n) is 14.5. The summed E-state index contributed by atoms with van der Waals surface area (Å²) in [4.78, 5) is 15.1. The molecule has 7 nitrogen and oxygen atoms in total. The van der Waals surface area contributed by atoms with E-state index in [1.165, 1.54) is 23.3 Å². The van der Waals surface area contributed by atoms with Gasteiger partial charge in [0.15, 0.2) is 0 Å². The number of aromatic nitrogens is 3. The minimum atomic E-state index is -0.204. The Balaban J connectivity index is 1.14. The summed E-state index contributed by atoms with van der Waals surface area (Å²) < 4.78 is 18.1. The molecule has 2 aliphatic rings. The van der Waals surface area contributed by atoms with E-state index in [2.05, 4.69) is 60.1 Å². The summed E-state index contributed by atoms with van der Waals surface area (Å²) in [7, 11) is 0. The molecule has 2 saturated heterocycles. The molecule has 4 aromatic rings. The first-order chi connectivity index (χ1) is 20.2. The molecule has 4 heterocycles. The summed E-state index contributed by atoms with van der Waals surface area (Å²) in [6.07, 6.45) is 8.94. The minimum Gasteiger partial charge on any atom is -0.395 e. The summed E-state index contributed by atoms with van der Waals surface area (Å²) in [6, 6.07) is 20.1. The van der Waals surface area contributed by atoms with Crippen LogP contribution in [0.3, 0.4) is 0 Å². The zero-order chi connectivity index (χ0) is 28.0. The molecule has 1 atom stereocenters. The predicted molar refractivity (Wildman–Crippen MR) is 162 cm³/mol. The van der Waals surface area contributed by atoms with Crippen LogP contribution in [0, 0.1) is 5.82 Å². The maximum absolute atomic E-state index is 13.3. The van der Waals surface area contributed by atoms with Crippen LogP contribution in [0.1, 0.15) is 30.0 Å². The molecule has 214 valence electrons. The van der Waals surface area contributed by atoms with E-state index in [9.17, 15) is 9.50 Å². The van der Waals surface area contributed by atoms with Crippen LogP contribution in [-0.2, 0) is 13.0 Å². The molecule has 0 aliphatic carbocycles. The molecular weight excluding hydrogens is 535 g/mol. The van der Waals surface area contributed by atoms with Gasteiger partial charge in [-0.15, -0.1) is 0 Å². The number of piperazine rings is 1. The maximum Gasteiger partial charge on any atom is 0.128 e. The van der Waals surface area contributed by atoms with E-state index in [0.29, 0.717) is 6.04 Å². The van der Waals surface area contributed by atoms with Gasteiger partial charge in [-0.05, 0) is 66.6 Å². The number of rotatable bonds is 10. The van der Waals surface area contributed by atoms with Crippen LogP contribution in [0.25, 0.3) is 11.3 Å². The summed E-state index contributed by atoms with van der Waals surface area (Å²) in [5.41, 5.74) is 4.77. The van der Waals surface area contributed by atoms with Crippen LogP contribution in [0.15, 0.2) is 84.3 Å². The molecule has 1 unspecified atom stereocenters. The van der Waals surface area contributed by atoms with Crippen LogP contribution < -0.4 is 4.90 Å². The Morgan fingerprint density at radius 3 is 2.51 bits per heavy atom. The van der Waals surface area contributed by atoms with Crippen LogP contribution in [0.2, 0.25) is 0 Å². The topological polar surface area (TPSA) is 60.7 Å². The summed E-state index contributed by atoms with van der Waals surface area (Å²) in [5, 5.41) is 9.20. The molecule has 2 fully saturated rings. The van der Waals surface area contributed by atoms with E-state index < -0.39 is 0 Å². The average molecular weight is 573 g/mol. The lowest BCUT2D eigenvalue weighted by Gasteiger charge is -2.35. The Morgan fingerprint density at radius 2 is 1.73 bits per heavy atom. The first kappa shape index (κ1) is 27.9. The lowest BCUT2D eigenvalue weighted by Crippen LogP contribution is -2.47. The molecule has 2 aromatic heterocycles. The Morgan fingerprint density at radius 1 is 0.902 bits per heavy atom. The van der Waals surface area contributed by atoms with Crippen molar-refractivity contribution < 1.29 is 9.50 Å². The summed E-state index contributed by atoms with van der Waals surface area (Å²) in [5.74, 6) is 0.820. The quantitative estimate of drug-likeness (QED) is 0.259. The molecule has 41 heavy (non-hydrogen) atoms. The Labute approximate surface area is 245 Å². The van der Waals surface area contributed by atoms with Crippen molar-refractivity contribution in [3.8, 4) is 11.3 Å². The number of β-amino-alcohol motifs (C(OH)–C–C–N with tert-alkyl or cyclic N) is 1. The fourth-order valence-corrected chi connectivity index (χ4v) is 6.96. The van der Waals surface area contributed by atoms with Crippen LogP contribution in [0.4, 0.5) is 10.2 Å². The lowest BCUT2D eigenvalue weighted by molar-refractivity contribution is 0.188. The second-order valence-electron chi connectivity index (χ2n) is 10.7. The van der Waals surface area contributed by atoms with Gasteiger partial charge in [-0.3, -0.25) is 4.90 Å².